The van der Waals surface area contributed by atoms with Gasteiger partial charge in [0.15, 0.2) is 0 Å². The van der Waals surface area contributed by atoms with Gasteiger partial charge in [-0.05, 0) is 66.3 Å². The van der Waals surface area contributed by atoms with Crippen molar-refractivity contribution in [3.8, 4) is 11.1 Å². The minimum Gasteiger partial charge on any atom is -0.388 e. The maximum atomic E-state index is 14.1. The van der Waals surface area contributed by atoms with Crippen molar-refractivity contribution in [2.45, 2.75) is 42.2 Å². The largest absolute Gasteiger partial charge is 0.388 e. The fraction of sp³-hybridized carbons (Fsp3) is 0.333. The van der Waals surface area contributed by atoms with Gasteiger partial charge in [0.05, 0.1) is 22.4 Å². The molecule has 2 aliphatic heterocycles. The first-order valence-corrected chi connectivity index (χ1v) is 17.6. The minimum atomic E-state index is -3.84. The Morgan fingerprint density at radius 3 is 2.46 bits per heavy atom. The molecule has 5 aromatic rings. The van der Waals surface area contributed by atoms with Crippen molar-refractivity contribution in [2.24, 2.45) is 13.0 Å². The van der Waals surface area contributed by atoms with Crippen molar-refractivity contribution in [1.29, 1.82) is 0 Å². The van der Waals surface area contributed by atoms with Crippen LogP contribution in [0.4, 0.5) is 0 Å². The second kappa shape index (κ2) is 12.8. The molecule has 2 aromatic carbocycles. The first-order chi connectivity index (χ1) is 23.1. The Hall–Kier alpha value is -4.65. The maximum Gasteiger partial charge on any atom is 0.262 e. The highest BCUT2D eigenvalue weighted by Gasteiger charge is 2.43. The second-order valence-electron chi connectivity index (χ2n) is 12.9. The van der Waals surface area contributed by atoms with Crippen LogP contribution in [-0.2, 0) is 28.4 Å². The van der Waals surface area contributed by atoms with E-state index >= 15 is 0 Å². The lowest BCUT2D eigenvalue weighted by Crippen LogP contribution is -2.53. The van der Waals surface area contributed by atoms with Gasteiger partial charge in [0.2, 0.25) is 15.9 Å². The zero-order valence-electron chi connectivity index (χ0n) is 26.7. The van der Waals surface area contributed by atoms with E-state index in [2.05, 4.69) is 9.97 Å². The van der Waals surface area contributed by atoms with Gasteiger partial charge < -0.3 is 14.6 Å². The first-order valence-electron chi connectivity index (χ1n) is 16.2. The van der Waals surface area contributed by atoms with Crippen molar-refractivity contribution in [1.82, 2.24) is 28.3 Å². The standard InChI is InChI=1S/C36H38N6O5S/c1-39-18-12-31-33(39)38-25-41(35(31)44)24-36(45)14-20-40(21-15-36)34(43)30-13-19-42(23-32(30)27-6-3-2-4-7-27)48(46,47)29-9-5-8-28(22-29)26-10-16-37-17-11-26/h2-12,16-18,22,25,30,32,45H,13-15,19-21,23-24H2,1H3/t30-,32+/m1/s1. The summed E-state index contributed by atoms with van der Waals surface area (Å²) in [6, 6.07) is 22.0. The molecule has 5 heterocycles. The maximum absolute atomic E-state index is 14.1. The van der Waals surface area contributed by atoms with E-state index in [9.17, 15) is 23.1 Å². The summed E-state index contributed by atoms with van der Waals surface area (Å²) in [7, 11) is -2.02. The lowest BCUT2D eigenvalue weighted by atomic mass is 9.80. The molecule has 0 radical (unpaired) electrons. The molecule has 0 spiro atoms. The predicted octanol–water partition coefficient (Wildman–Crippen LogP) is 3.65. The van der Waals surface area contributed by atoms with Crippen molar-refractivity contribution >= 4 is 27.0 Å². The normalized spacial score (nSPS) is 20.2. The molecule has 7 rings (SSSR count). The monoisotopic (exact) mass is 666 g/mol. The lowest BCUT2D eigenvalue weighted by molar-refractivity contribution is -0.142. The van der Waals surface area contributed by atoms with Gasteiger partial charge in [-0.15, -0.1) is 0 Å². The van der Waals surface area contributed by atoms with E-state index in [1.54, 1.807) is 52.3 Å². The van der Waals surface area contributed by atoms with E-state index < -0.39 is 21.5 Å². The molecule has 1 amide bonds. The van der Waals surface area contributed by atoms with Gasteiger partial charge in [0, 0.05) is 63.7 Å². The van der Waals surface area contributed by atoms with Crippen LogP contribution in [0.25, 0.3) is 22.2 Å². The molecule has 2 aliphatic rings. The van der Waals surface area contributed by atoms with Gasteiger partial charge >= 0.3 is 0 Å². The molecule has 2 atom stereocenters. The van der Waals surface area contributed by atoms with Crippen LogP contribution in [0.15, 0.2) is 107 Å². The van der Waals surface area contributed by atoms with Gasteiger partial charge in [-0.2, -0.15) is 4.31 Å². The van der Waals surface area contributed by atoms with E-state index in [4.69, 9.17) is 0 Å². The summed E-state index contributed by atoms with van der Waals surface area (Å²) in [5, 5.41) is 12.0. The summed E-state index contributed by atoms with van der Waals surface area (Å²) in [5.74, 6) is -0.790. The average molecular weight is 667 g/mol. The van der Waals surface area contributed by atoms with Crippen molar-refractivity contribution in [3.05, 3.63) is 114 Å². The quantitative estimate of drug-likeness (QED) is 0.281. The summed E-state index contributed by atoms with van der Waals surface area (Å²) in [4.78, 5) is 37.7. The van der Waals surface area contributed by atoms with Crippen LogP contribution < -0.4 is 5.56 Å². The third-order valence-corrected chi connectivity index (χ3v) is 11.8. The van der Waals surface area contributed by atoms with Crippen molar-refractivity contribution in [3.63, 3.8) is 0 Å². The van der Waals surface area contributed by atoms with Gasteiger partial charge in [-0.25, -0.2) is 13.4 Å². The number of piperidine rings is 2. The summed E-state index contributed by atoms with van der Waals surface area (Å²) >= 11 is 0. The van der Waals surface area contributed by atoms with Crippen LogP contribution >= 0.6 is 0 Å². The molecule has 3 aromatic heterocycles. The SMILES string of the molecule is Cn1ccc2c(=O)n(CC3(O)CCN(C(=O)[C@@H]4CCN(S(=O)(=O)c5cccc(-c6ccncc6)c5)C[C@H]4c4ccccc4)CC3)cnc21. The molecule has 48 heavy (non-hydrogen) atoms. The van der Waals surface area contributed by atoms with E-state index in [1.807, 2.05) is 55.6 Å². The van der Waals surface area contributed by atoms with E-state index in [0.29, 0.717) is 43.4 Å². The summed E-state index contributed by atoms with van der Waals surface area (Å²) in [6.07, 6.45) is 7.61. The Morgan fingerprint density at radius 2 is 1.71 bits per heavy atom. The number of likely N-dealkylation sites (tertiary alicyclic amines) is 1. The number of aryl methyl sites for hydroxylation is 1. The zero-order valence-corrected chi connectivity index (χ0v) is 27.5. The summed E-state index contributed by atoms with van der Waals surface area (Å²) in [5.41, 5.74) is 1.81. The lowest BCUT2D eigenvalue weighted by Gasteiger charge is -2.43. The summed E-state index contributed by atoms with van der Waals surface area (Å²) in [6.45, 7) is 1.17. The molecular weight excluding hydrogens is 628 g/mol. The molecule has 0 bridgehead atoms. The third kappa shape index (κ3) is 6.07. The Morgan fingerprint density at radius 1 is 0.958 bits per heavy atom. The molecule has 2 fully saturated rings. The Balaban J connectivity index is 1.07. The van der Waals surface area contributed by atoms with Crippen molar-refractivity contribution < 1.29 is 18.3 Å². The van der Waals surface area contributed by atoms with Crippen LogP contribution in [0.2, 0.25) is 0 Å². The third-order valence-electron chi connectivity index (χ3n) is 9.93. The topological polar surface area (TPSA) is 131 Å². The molecular formula is C36H38N6O5S. The minimum absolute atomic E-state index is 0.0350. The molecule has 1 N–H and O–H groups in total. The Kier molecular flexibility index (Phi) is 8.48. The molecule has 248 valence electrons. The molecule has 0 unspecified atom stereocenters. The number of hydrogen-bond donors (Lipinski definition) is 1. The van der Waals surface area contributed by atoms with Gasteiger partial charge in [-0.1, -0.05) is 42.5 Å². The Labute approximate surface area is 279 Å². The molecule has 2 saturated heterocycles. The van der Waals surface area contributed by atoms with E-state index in [-0.39, 0.29) is 41.9 Å². The number of rotatable bonds is 7. The van der Waals surface area contributed by atoms with Crippen molar-refractivity contribution in [2.75, 3.05) is 26.2 Å². The number of fused-ring (bicyclic) bond motifs is 1. The summed E-state index contributed by atoms with van der Waals surface area (Å²) < 4.78 is 32.7. The number of nitrogens with zero attached hydrogens (tertiary/aromatic N) is 6. The highest BCUT2D eigenvalue weighted by molar-refractivity contribution is 7.89. The fourth-order valence-electron chi connectivity index (χ4n) is 7.15. The fourth-order valence-corrected chi connectivity index (χ4v) is 8.68. The number of sulfonamides is 1. The Bertz CT molecular complexity index is 2110. The number of carbonyl (C=O) groups excluding carboxylic acids is 1. The zero-order chi connectivity index (χ0) is 33.5. The van der Waals surface area contributed by atoms with Crippen LogP contribution in [0.5, 0.6) is 0 Å². The van der Waals surface area contributed by atoms with Gasteiger partial charge in [0.25, 0.3) is 5.56 Å². The number of benzene rings is 2. The highest BCUT2D eigenvalue weighted by Crippen LogP contribution is 2.38. The van der Waals surface area contributed by atoms with Crippen LogP contribution in [0, 0.1) is 5.92 Å². The molecule has 11 nitrogen and oxygen atoms in total. The second-order valence-corrected chi connectivity index (χ2v) is 14.9. The van der Waals surface area contributed by atoms with Crippen LogP contribution in [0.3, 0.4) is 0 Å². The average Bonchev–Trinajstić information content (AvgIpc) is 3.51. The van der Waals surface area contributed by atoms with E-state index in [0.717, 1.165) is 16.7 Å². The van der Waals surface area contributed by atoms with Gasteiger partial charge in [0.1, 0.15) is 12.0 Å². The first kappa shape index (κ1) is 31.9. The van der Waals surface area contributed by atoms with Crippen LogP contribution in [0.1, 0.15) is 30.7 Å². The highest BCUT2D eigenvalue weighted by atomic mass is 32.2. The smallest absolute Gasteiger partial charge is 0.262 e. The molecule has 0 saturated carbocycles. The number of pyridine rings is 1. The number of aromatic nitrogens is 4. The number of aliphatic hydroxyl groups is 1. The van der Waals surface area contributed by atoms with E-state index in [1.165, 1.54) is 15.2 Å². The number of hydrogen-bond acceptors (Lipinski definition) is 7. The predicted molar refractivity (Wildman–Crippen MR) is 181 cm³/mol. The number of amides is 1. The molecule has 12 heteroatoms. The van der Waals surface area contributed by atoms with Gasteiger partial charge in [-0.3, -0.25) is 19.1 Å². The van der Waals surface area contributed by atoms with Crippen LogP contribution in [-0.4, -0.2) is 79.5 Å². The molecule has 0 aliphatic carbocycles. The number of carbonyl (C=O) groups is 1.